The molecule has 4 aromatic rings. The number of aryl methyl sites for hydroxylation is 2. The van der Waals surface area contributed by atoms with Gasteiger partial charge in [-0.15, -0.1) is 11.3 Å². The first-order valence-electron chi connectivity index (χ1n) is 10.4. The summed E-state index contributed by atoms with van der Waals surface area (Å²) < 4.78 is 3.05. The van der Waals surface area contributed by atoms with Crippen molar-refractivity contribution < 1.29 is 4.79 Å². The van der Waals surface area contributed by atoms with Crippen LogP contribution in [0.4, 0.5) is 5.13 Å². The van der Waals surface area contributed by atoms with Gasteiger partial charge in [0.25, 0.3) is 5.91 Å². The minimum atomic E-state index is -0.0694. The van der Waals surface area contributed by atoms with Crippen LogP contribution in [0.25, 0.3) is 16.3 Å². The standard InChI is InChI=1S/C24H26N4OS2/c1-16(2)20-8-5-9-21-23(20)25-24(31-21)27(12-13-28-18(4)15-17(3)26-28)22(29)11-10-19-7-6-14-30-19/h5-11,14-16H,12-13H2,1-4H3. The van der Waals surface area contributed by atoms with E-state index in [1.165, 1.54) is 5.56 Å². The molecule has 1 aromatic carbocycles. The van der Waals surface area contributed by atoms with Gasteiger partial charge in [0.2, 0.25) is 0 Å². The molecule has 0 aliphatic rings. The second-order valence-electron chi connectivity index (χ2n) is 7.83. The number of para-hydroxylation sites is 1. The van der Waals surface area contributed by atoms with Crippen molar-refractivity contribution in [1.82, 2.24) is 14.8 Å². The van der Waals surface area contributed by atoms with Crippen LogP contribution >= 0.6 is 22.7 Å². The lowest BCUT2D eigenvalue weighted by molar-refractivity contribution is -0.114. The molecule has 7 heteroatoms. The summed E-state index contributed by atoms with van der Waals surface area (Å²) in [5, 5.41) is 7.28. The molecule has 0 aliphatic carbocycles. The summed E-state index contributed by atoms with van der Waals surface area (Å²) in [5.74, 6) is 0.302. The van der Waals surface area contributed by atoms with Gasteiger partial charge in [-0.05, 0) is 55.0 Å². The SMILES string of the molecule is Cc1cc(C)n(CCN(C(=O)C=Cc2cccs2)c2nc3c(C(C)C)cccc3s2)n1. The summed E-state index contributed by atoms with van der Waals surface area (Å²) in [5.41, 5.74) is 4.27. The van der Waals surface area contributed by atoms with Gasteiger partial charge >= 0.3 is 0 Å². The lowest BCUT2D eigenvalue weighted by Crippen LogP contribution is -2.33. The molecule has 5 nitrogen and oxygen atoms in total. The van der Waals surface area contributed by atoms with Gasteiger partial charge in [0.1, 0.15) is 0 Å². The molecule has 0 saturated heterocycles. The number of thiophene rings is 1. The zero-order chi connectivity index (χ0) is 22.0. The molecular weight excluding hydrogens is 424 g/mol. The van der Waals surface area contributed by atoms with E-state index in [1.54, 1.807) is 33.6 Å². The van der Waals surface area contributed by atoms with Crippen molar-refractivity contribution in [1.29, 1.82) is 0 Å². The minimum absolute atomic E-state index is 0.0694. The maximum atomic E-state index is 13.2. The lowest BCUT2D eigenvalue weighted by atomic mass is 10.0. The second-order valence-corrected chi connectivity index (χ2v) is 9.82. The Labute approximate surface area is 190 Å². The van der Waals surface area contributed by atoms with Crippen molar-refractivity contribution in [3.63, 3.8) is 0 Å². The third-order valence-corrected chi connectivity index (χ3v) is 7.01. The third kappa shape index (κ3) is 4.78. The maximum Gasteiger partial charge on any atom is 0.252 e. The molecule has 0 aliphatic heterocycles. The Morgan fingerprint density at radius 1 is 1.23 bits per heavy atom. The van der Waals surface area contributed by atoms with Crippen LogP contribution in [-0.4, -0.2) is 27.2 Å². The predicted octanol–water partition coefficient (Wildman–Crippen LogP) is 6.04. The summed E-state index contributed by atoms with van der Waals surface area (Å²) in [6, 6.07) is 12.3. The molecule has 160 valence electrons. The number of amides is 1. The normalized spacial score (nSPS) is 11.8. The smallest absolute Gasteiger partial charge is 0.252 e. The monoisotopic (exact) mass is 450 g/mol. The summed E-state index contributed by atoms with van der Waals surface area (Å²) >= 11 is 3.18. The number of rotatable bonds is 7. The predicted molar refractivity (Wildman–Crippen MR) is 131 cm³/mol. The molecule has 31 heavy (non-hydrogen) atoms. The fourth-order valence-electron chi connectivity index (χ4n) is 3.57. The van der Waals surface area contributed by atoms with Crippen molar-refractivity contribution >= 4 is 50.0 Å². The molecule has 3 aromatic heterocycles. The highest BCUT2D eigenvalue weighted by Crippen LogP contribution is 2.33. The number of thiazole rings is 1. The van der Waals surface area contributed by atoms with Gasteiger partial charge in [-0.1, -0.05) is 43.4 Å². The number of hydrogen-bond donors (Lipinski definition) is 0. The number of fused-ring (bicyclic) bond motifs is 1. The zero-order valence-electron chi connectivity index (χ0n) is 18.2. The molecule has 0 saturated carbocycles. The van der Waals surface area contributed by atoms with Crippen LogP contribution in [0.3, 0.4) is 0 Å². The van der Waals surface area contributed by atoms with E-state index in [4.69, 9.17) is 4.98 Å². The van der Waals surface area contributed by atoms with Crippen molar-refractivity contribution in [3.05, 3.63) is 69.7 Å². The Morgan fingerprint density at radius 2 is 2.06 bits per heavy atom. The highest BCUT2D eigenvalue weighted by atomic mass is 32.1. The summed E-state index contributed by atoms with van der Waals surface area (Å²) in [4.78, 5) is 21.0. The van der Waals surface area contributed by atoms with Gasteiger partial charge < -0.3 is 0 Å². The maximum absolute atomic E-state index is 13.2. The van der Waals surface area contributed by atoms with Crippen LogP contribution in [0.5, 0.6) is 0 Å². The fraction of sp³-hybridized carbons (Fsp3) is 0.292. The Hall–Kier alpha value is -2.77. The van der Waals surface area contributed by atoms with E-state index in [1.807, 2.05) is 42.1 Å². The van der Waals surface area contributed by atoms with Crippen LogP contribution < -0.4 is 4.90 Å². The van der Waals surface area contributed by atoms with E-state index in [2.05, 4.69) is 43.2 Å². The molecule has 4 rings (SSSR count). The number of anilines is 1. The largest absolute Gasteiger partial charge is 0.283 e. The summed E-state index contributed by atoms with van der Waals surface area (Å²) in [6.07, 6.45) is 3.51. The summed E-state index contributed by atoms with van der Waals surface area (Å²) in [6.45, 7) is 9.48. The zero-order valence-corrected chi connectivity index (χ0v) is 19.8. The number of nitrogens with zero attached hydrogens (tertiary/aromatic N) is 4. The summed E-state index contributed by atoms with van der Waals surface area (Å²) in [7, 11) is 0. The molecule has 0 fully saturated rings. The molecule has 1 amide bonds. The van der Waals surface area contributed by atoms with Crippen LogP contribution in [0.2, 0.25) is 0 Å². The molecular formula is C24H26N4OS2. The van der Waals surface area contributed by atoms with Crippen LogP contribution in [0, 0.1) is 13.8 Å². The van der Waals surface area contributed by atoms with Gasteiger partial charge in [0, 0.05) is 23.2 Å². The highest BCUT2D eigenvalue weighted by molar-refractivity contribution is 7.22. The topological polar surface area (TPSA) is 51.0 Å². The molecule has 3 heterocycles. The first-order chi connectivity index (χ1) is 14.9. The third-order valence-electron chi connectivity index (χ3n) is 5.13. The van der Waals surface area contributed by atoms with Crippen LogP contribution in [0.1, 0.15) is 41.6 Å². The number of carbonyl (C=O) groups is 1. The molecule has 0 N–H and O–H groups in total. The van der Waals surface area contributed by atoms with Crippen molar-refractivity contribution in [2.24, 2.45) is 0 Å². The van der Waals surface area contributed by atoms with E-state index in [0.29, 0.717) is 19.0 Å². The molecule has 0 atom stereocenters. The van der Waals surface area contributed by atoms with Crippen molar-refractivity contribution in [2.45, 2.75) is 40.2 Å². The minimum Gasteiger partial charge on any atom is -0.283 e. The molecule has 0 unspecified atom stereocenters. The van der Waals surface area contributed by atoms with Crippen molar-refractivity contribution in [3.8, 4) is 0 Å². The number of hydrogen-bond acceptors (Lipinski definition) is 5. The Balaban J connectivity index is 1.67. The number of aromatic nitrogens is 3. The Bertz CT molecular complexity index is 1220. The van der Waals surface area contributed by atoms with Gasteiger partial charge in [-0.25, -0.2) is 4.98 Å². The van der Waals surface area contributed by atoms with E-state index in [0.717, 1.165) is 31.6 Å². The first kappa shape index (κ1) is 21.5. The quantitative estimate of drug-likeness (QED) is 0.323. The van der Waals surface area contributed by atoms with Gasteiger partial charge in [-0.3, -0.25) is 14.4 Å². The molecule has 0 spiro atoms. The van der Waals surface area contributed by atoms with Gasteiger partial charge in [0.15, 0.2) is 5.13 Å². The fourth-order valence-corrected chi connectivity index (χ4v) is 5.21. The van der Waals surface area contributed by atoms with Crippen molar-refractivity contribution in [2.75, 3.05) is 11.4 Å². The lowest BCUT2D eigenvalue weighted by Gasteiger charge is -2.18. The molecule has 0 radical (unpaired) electrons. The molecule has 0 bridgehead atoms. The Morgan fingerprint density at radius 3 is 2.74 bits per heavy atom. The Kier molecular flexibility index (Phi) is 6.34. The van der Waals surface area contributed by atoms with Gasteiger partial charge in [0.05, 0.1) is 22.5 Å². The second kappa shape index (κ2) is 9.16. The average molecular weight is 451 g/mol. The van der Waals surface area contributed by atoms with Crippen LogP contribution in [-0.2, 0) is 11.3 Å². The van der Waals surface area contributed by atoms with E-state index >= 15 is 0 Å². The number of carbonyl (C=O) groups excluding carboxylic acids is 1. The van der Waals surface area contributed by atoms with Crippen LogP contribution in [0.15, 0.2) is 47.9 Å². The number of benzene rings is 1. The first-order valence-corrected chi connectivity index (χ1v) is 12.1. The average Bonchev–Trinajstić information content (AvgIpc) is 3.46. The van der Waals surface area contributed by atoms with E-state index in [9.17, 15) is 4.79 Å². The highest BCUT2D eigenvalue weighted by Gasteiger charge is 2.20. The van der Waals surface area contributed by atoms with Gasteiger partial charge in [-0.2, -0.15) is 5.10 Å². The van der Waals surface area contributed by atoms with E-state index in [-0.39, 0.29) is 5.91 Å². The van der Waals surface area contributed by atoms with E-state index < -0.39 is 0 Å².